The molecule has 1 amide bonds. The number of rotatable bonds is 6. The van der Waals surface area contributed by atoms with E-state index in [1.54, 1.807) is 29.5 Å². The van der Waals surface area contributed by atoms with Crippen LogP contribution in [0.4, 0.5) is 5.69 Å². The van der Waals surface area contributed by atoms with Crippen molar-refractivity contribution in [2.45, 2.75) is 20.3 Å². The van der Waals surface area contributed by atoms with Crippen LogP contribution in [0.2, 0.25) is 0 Å². The van der Waals surface area contributed by atoms with Crippen molar-refractivity contribution in [1.29, 1.82) is 0 Å². The third kappa shape index (κ3) is 3.95. The Morgan fingerprint density at radius 1 is 1.48 bits per heavy atom. The number of aryl methyl sites for hydroxylation is 1. The van der Waals surface area contributed by atoms with Crippen molar-refractivity contribution >= 4 is 22.9 Å². The normalized spacial score (nSPS) is 10.4. The van der Waals surface area contributed by atoms with Crippen LogP contribution in [-0.2, 0) is 6.42 Å². The summed E-state index contributed by atoms with van der Waals surface area (Å²) in [6.07, 6.45) is 0.800. The van der Waals surface area contributed by atoms with Crippen LogP contribution < -0.4 is 15.8 Å². The van der Waals surface area contributed by atoms with Crippen molar-refractivity contribution in [3.63, 3.8) is 0 Å². The summed E-state index contributed by atoms with van der Waals surface area (Å²) < 4.78 is 5.68. The van der Waals surface area contributed by atoms with Crippen molar-refractivity contribution < 1.29 is 9.53 Å². The number of carbonyl (C=O) groups is 1. The molecular formula is C15H19N3O2S. The number of thiazole rings is 1. The Balaban J connectivity index is 1.95. The Kier molecular flexibility index (Phi) is 5.16. The minimum absolute atomic E-state index is 0.129. The molecule has 0 atom stereocenters. The van der Waals surface area contributed by atoms with E-state index >= 15 is 0 Å². The standard InChI is InChI=1S/C15H19N3O2S/c1-3-17-15(19)11-4-5-13(12(16)8-11)20-7-6-14-10(2)18-9-21-14/h4-5,8-9H,3,6-7,16H2,1-2H3,(H,17,19). The van der Waals surface area contributed by atoms with Crippen LogP contribution in [0, 0.1) is 6.92 Å². The zero-order valence-corrected chi connectivity index (χ0v) is 13.0. The number of nitrogens with zero attached hydrogens (tertiary/aromatic N) is 1. The molecular weight excluding hydrogens is 286 g/mol. The van der Waals surface area contributed by atoms with Gasteiger partial charge in [-0.2, -0.15) is 0 Å². The smallest absolute Gasteiger partial charge is 0.251 e. The molecule has 0 spiro atoms. The van der Waals surface area contributed by atoms with Crippen LogP contribution >= 0.6 is 11.3 Å². The first kappa shape index (κ1) is 15.3. The highest BCUT2D eigenvalue weighted by molar-refractivity contribution is 7.09. The third-order valence-corrected chi connectivity index (χ3v) is 4.04. The van der Waals surface area contributed by atoms with Gasteiger partial charge in [0, 0.05) is 23.4 Å². The van der Waals surface area contributed by atoms with Gasteiger partial charge in [0.25, 0.3) is 5.91 Å². The van der Waals surface area contributed by atoms with E-state index in [2.05, 4.69) is 10.3 Å². The maximum atomic E-state index is 11.7. The summed E-state index contributed by atoms with van der Waals surface area (Å²) in [5, 5.41) is 2.74. The van der Waals surface area contributed by atoms with Gasteiger partial charge in [-0.15, -0.1) is 11.3 Å². The number of aromatic nitrogens is 1. The molecule has 0 bridgehead atoms. The van der Waals surface area contributed by atoms with E-state index in [0.29, 0.717) is 30.2 Å². The van der Waals surface area contributed by atoms with E-state index in [1.165, 1.54) is 4.88 Å². The molecule has 6 heteroatoms. The molecule has 0 fully saturated rings. The van der Waals surface area contributed by atoms with Gasteiger partial charge in [-0.05, 0) is 32.0 Å². The van der Waals surface area contributed by atoms with Crippen LogP contribution in [0.15, 0.2) is 23.7 Å². The van der Waals surface area contributed by atoms with Crippen LogP contribution in [0.1, 0.15) is 27.9 Å². The van der Waals surface area contributed by atoms with Gasteiger partial charge < -0.3 is 15.8 Å². The highest BCUT2D eigenvalue weighted by atomic mass is 32.1. The fraction of sp³-hybridized carbons (Fsp3) is 0.333. The largest absolute Gasteiger partial charge is 0.491 e. The van der Waals surface area contributed by atoms with Gasteiger partial charge in [0.1, 0.15) is 5.75 Å². The van der Waals surface area contributed by atoms with Gasteiger partial charge in [-0.1, -0.05) is 0 Å². The Morgan fingerprint density at radius 2 is 2.29 bits per heavy atom. The Labute approximate surface area is 128 Å². The number of hydrogen-bond donors (Lipinski definition) is 2. The minimum Gasteiger partial charge on any atom is -0.491 e. The highest BCUT2D eigenvalue weighted by Gasteiger charge is 2.08. The fourth-order valence-corrected chi connectivity index (χ4v) is 2.67. The summed E-state index contributed by atoms with van der Waals surface area (Å²) in [6, 6.07) is 5.09. The first-order valence-corrected chi connectivity index (χ1v) is 7.69. The van der Waals surface area contributed by atoms with Crippen molar-refractivity contribution in [2.24, 2.45) is 0 Å². The quantitative estimate of drug-likeness (QED) is 0.803. The van der Waals surface area contributed by atoms with Crippen molar-refractivity contribution in [2.75, 3.05) is 18.9 Å². The third-order valence-electron chi connectivity index (χ3n) is 3.04. The molecule has 1 aromatic carbocycles. The summed E-state index contributed by atoms with van der Waals surface area (Å²) in [5.74, 6) is 0.473. The number of anilines is 1. The number of nitrogen functional groups attached to an aromatic ring is 1. The average Bonchev–Trinajstić information content (AvgIpc) is 2.86. The number of nitrogens with one attached hydrogen (secondary N) is 1. The lowest BCUT2D eigenvalue weighted by Gasteiger charge is -2.10. The number of ether oxygens (including phenoxy) is 1. The molecule has 0 saturated carbocycles. The van der Waals surface area contributed by atoms with Crippen LogP contribution in [0.3, 0.4) is 0 Å². The summed E-state index contributed by atoms with van der Waals surface area (Å²) >= 11 is 1.63. The molecule has 0 radical (unpaired) electrons. The topological polar surface area (TPSA) is 77.2 Å². The maximum absolute atomic E-state index is 11.7. The van der Waals surface area contributed by atoms with Gasteiger partial charge in [-0.3, -0.25) is 4.79 Å². The molecule has 3 N–H and O–H groups in total. The lowest BCUT2D eigenvalue weighted by molar-refractivity contribution is 0.0956. The summed E-state index contributed by atoms with van der Waals surface area (Å²) in [7, 11) is 0. The van der Waals surface area contributed by atoms with E-state index < -0.39 is 0 Å². The van der Waals surface area contributed by atoms with Crippen molar-refractivity contribution in [1.82, 2.24) is 10.3 Å². The SMILES string of the molecule is CCNC(=O)c1ccc(OCCc2scnc2C)c(N)c1. The molecule has 5 nitrogen and oxygen atoms in total. The first-order valence-electron chi connectivity index (χ1n) is 6.81. The molecule has 1 heterocycles. The second-order valence-electron chi connectivity index (χ2n) is 4.57. The van der Waals surface area contributed by atoms with Gasteiger partial charge in [0.15, 0.2) is 0 Å². The first-order chi connectivity index (χ1) is 10.1. The Bertz CT molecular complexity index is 625. The fourth-order valence-electron chi connectivity index (χ4n) is 1.90. The Hall–Kier alpha value is -2.08. The summed E-state index contributed by atoms with van der Waals surface area (Å²) in [6.45, 7) is 4.99. The average molecular weight is 305 g/mol. The number of amides is 1. The zero-order valence-electron chi connectivity index (χ0n) is 12.2. The lowest BCUT2D eigenvalue weighted by atomic mass is 10.1. The molecule has 0 unspecified atom stereocenters. The predicted molar refractivity (Wildman–Crippen MR) is 84.9 cm³/mol. The van der Waals surface area contributed by atoms with Gasteiger partial charge >= 0.3 is 0 Å². The maximum Gasteiger partial charge on any atom is 0.251 e. The van der Waals surface area contributed by atoms with E-state index in [-0.39, 0.29) is 5.91 Å². The lowest BCUT2D eigenvalue weighted by Crippen LogP contribution is -2.22. The van der Waals surface area contributed by atoms with Gasteiger partial charge in [-0.25, -0.2) is 4.98 Å². The number of benzene rings is 1. The van der Waals surface area contributed by atoms with E-state index in [9.17, 15) is 4.79 Å². The molecule has 21 heavy (non-hydrogen) atoms. The molecule has 0 aliphatic carbocycles. The number of hydrogen-bond acceptors (Lipinski definition) is 5. The second kappa shape index (κ2) is 7.08. The molecule has 2 aromatic rings. The number of nitrogens with two attached hydrogens (primary N) is 1. The Morgan fingerprint density at radius 3 is 2.90 bits per heavy atom. The van der Waals surface area contributed by atoms with Crippen LogP contribution in [-0.4, -0.2) is 24.0 Å². The van der Waals surface area contributed by atoms with Crippen molar-refractivity contribution in [3.8, 4) is 5.75 Å². The molecule has 0 aliphatic heterocycles. The molecule has 112 valence electrons. The van der Waals surface area contributed by atoms with Gasteiger partial charge in [0.05, 0.1) is 23.5 Å². The van der Waals surface area contributed by atoms with Gasteiger partial charge in [0.2, 0.25) is 0 Å². The van der Waals surface area contributed by atoms with Crippen LogP contribution in [0.25, 0.3) is 0 Å². The highest BCUT2D eigenvalue weighted by Crippen LogP contribution is 2.23. The predicted octanol–water partition coefficient (Wildman–Crippen LogP) is 2.40. The summed E-state index contributed by atoms with van der Waals surface area (Å²) in [5.41, 5.74) is 9.82. The summed E-state index contributed by atoms with van der Waals surface area (Å²) in [4.78, 5) is 17.1. The van der Waals surface area contributed by atoms with E-state index in [0.717, 1.165) is 12.1 Å². The van der Waals surface area contributed by atoms with Crippen molar-refractivity contribution in [3.05, 3.63) is 39.8 Å². The zero-order chi connectivity index (χ0) is 15.2. The minimum atomic E-state index is -0.129. The molecule has 0 aliphatic rings. The molecule has 2 rings (SSSR count). The molecule has 1 aromatic heterocycles. The van der Waals surface area contributed by atoms with E-state index in [1.807, 2.05) is 19.4 Å². The van der Waals surface area contributed by atoms with E-state index in [4.69, 9.17) is 10.5 Å². The second-order valence-corrected chi connectivity index (χ2v) is 5.51. The van der Waals surface area contributed by atoms with Crippen LogP contribution in [0.5, 0.6) is 5.75 Å². The number of carbonyl (C=O) groups excluding carboxylic acids is 1. The monoisotopic (exact) mass is 305 g/mol. The molecule has 0 saturated heterocycles.